The van der Waals surface area contributed by atoms with Gasteiger partial charge in [0, 0.05) is 17.3 Å². The van der Waals surface area contributed by atoms with Crippen LogP contribution in [0.5, 0.6) is 5.75 Å². The first-order valence-electron chi connectivity index (χ1n) is 7.42. The van der Waals surface area contributed by atoms with Crippen molar-refractivity contribution >= 4 is 17.5 Å². The minimum atomic E-state index is -0.532. The number of methoxy groups -OCH3 is 3. The number of hydrogen-bond donors (Lipinski definition) is 0. The molecule has 25 heavy (non-hydrogen) atoms. The molecule has 128 valence electrons. The van der Waals surface area contributed by atoms with Crippen molar-refractivity contribution < 1.29 is 23.8 Å². The highest BCUT2D eigenvalue weighted by Crippen LogP contribution is 2.33. The molecule has 0 amide bonds. The molecule has 3 aromatic rings. The van der Waals surface area contributed by atoms with Crippen molar-refractivity contribution in [1.82, 2.24) is 9.61 Å². The molecule has 0 unspecified atom stereocenters. The van der Waals surface area contributed by atoms with Gasteiger partial charge in [0.25, 0.3) is 0 Å². The van der Waals surface area contributed by atoms with E-state index in [-0.39, 0.29) is 5.56 Å². The lowest BCUT2D eigenvalue weighted by molar-refractivity contribution is 0.0591. The molecule has 7 nitrogen and oxygen atoms in total. The molecule has 1 aromatic carbocycles. The molecule has 0 aliphatic heterocycles. The molecule has 0 N–H and O–H groups in total. The van der Waals surface area contributed by atoms with E-state index in [0.717, 1.165) is 0 Å². The number of para-hydroxylation sites is 1. The minimum absolute atomic E-state index is 0.263. The van der Waals surface area contributed by atoms with Crippen LogP contribution in [0.3, 0.4) is 0 Å². The third-order valence-electron chi connectivity index (χ3n) is 3.86. The first-order chi connectivity index (χ1) is 12.1. The van der Waals surface area contributed by atoms with Crippen LogP contribution in [0, 0.1) is 0 Å². The Kier molecular flexibility index (Phi) is 4.38. The van der Waals surface area contributed by atoms with Crippen molar-refractivity contribution in [2.24, 2.45) is 0 Å². The van der Waals surface area contributed by atoms with E-state index in [0.29, 0.717) is 28.0 Å². The normalized spacial score (nSPS) is 10.5. The summed E-state index contributed by atoms with van der Waals surface area (Å²) in [6.07, 6.45) is 3.06. The summed E-state index contributed by atoms with van der Waals surface area (Å²) in [4.78, 5) is 24.2. The maximum atomic E-state index is 12.3. The Morgan fingerprint density at radius 2 is 1.64 bits per heavy atom. The highest BCUT2D eigenvalue weighted by atomic mass is 16.5. The van der Waals surface area contributed by atoms with Crippen LogP contribution in [0.15, 0.2) is 42.7 Å². The van der Waals surface area contributed by atoms with E-state index in [1.54, 1.807) is 25.4 Å². The topological polar surface area (TPSA) is 79.1 Å². The van der Waals surface area contributed by atoms with Crippen LogP contribution in [-0.4, -0.2) is 42.9 Å². The highest BCUT2D eigenvalue weighted by Gasteiger charge is 2.21. The number of esters is 2. The molecule has 0 bridgehead atoms. The Hall–Kier alpha value is -3.35. The van der Waals surface area contributed by atoms with Crippen LogP contribution in [0.4, 0.5) is 0 Å². The van der Waals surface area contributed by atoms with Gasteiger partial charge in [0.15, 0.2) is 0 Å². The molecule has 0 radical (unpaired) electrons. The maximum Gasteiger partial charge on any atom is 0.341 e. The van der Waals surface area contributed by atoms with E-state index < -0.39 is 11.9 Å². The molecule has 0 fully saturated rings. The molecule has 0 saturated carbocycles. The zero-order valence-corrected chi connectivity index (χ0v) is 14.0. The van der Waals surface area contributed by atoms with Crippen LogP contribution in [0.25, 0.3) is 16.6 Å². The number of carbonyl (C=O) groups excluding carboxylic acids is 2. The maximum absolute atomic E-state index is 12.3. The number of ether oxygens (including phenoxy) is 3. The molecular formula is C18H16N2O5. The van der Waals surface area contributed by atoms with Crippen molar-refractivity contribution in [3.05, 3.63) is 53.9 Å². The van der Waals surface area contributed by atoms with Crippen LogP contribution in [-0.2, 0) is 9.47 Å². The van der Waals surface area contributed by atoms with Gasteiger partial charge in [0.2, 0.25) is 0 Å². The monoisotopic (exact) mass is 340 g/mol. The number of carbonyl (C=O) groups is 2. The predicted octanol–water partition coefficient (Wildman–Crippen LogP) is 2.58. The van der Waals surface area contributed by atoms with Crippen molar-refractivity contribution in [2.75, 3.05) is 21.3 Å². The van der Waals surface area contributed by atoms with E-state index in [1.807, 2.05) is 18.2 Å². The van der Waals surface area contributed by atoms with Gasteiger partial charge in [-0.05, 0) is 12.1 Å². The second-order valence-electron chi connectivity index (χ2n) is 5.17. The third kappa shape index (κ3) is 2.80. The summed E-state index contributed by atoms with van der Waals surface area (Å²) in [6, 6.07) is 8.86. The molecule has 0 atom stereocenters. The summed E-state index contributed by atoms with van der Waals surface area (Å²) < 4.78 is 16.6. The molecule has 7 heteroatoms. The second-order valence-corrected chi connectivity index (χ2v) is 5.17. The number of benzene rings is 1. The largest absolute Gasteiger partial charge is 0.496 e. The number of rotatable bonds is 4. The van der Waals surface area contributed by atoms with Gasteiger partial charge in [-0.1, -0.05) is 18.2 Å². The van der Waals surface area contributed by atoms with E-state index >= 15 is 0 Å². The Bertz CT molecular complexity index is 961. The Labute approximate surface area is 143 Å². The Morgan fingerprint density at radius 1 is 0.960 bits per heavy atom. The van der Waals surface area contributed by atoms with Crippen molar-refractivity contribution in [1.29, 1.82) is 0 Å². The third-order valence-corrected chi connectivity index (χ3v) is 3.86. The predicted molar refractivity (Wildman–Crippen MR) is 89.9 cm³/mol. The van der Waals surface area contributed by atoms with Gasteiger partial charge in [-0.3, -0.25) is 0 Å². The summed E-state index contributed by atoms with van der Waals surface area (Å²) >= 11 is 0. The summed E-state index contributed by atoms with van der Waals surface area (Å²) in [5, 5.41) is 4.18. The van der Waals surface area contributed by atoms with Crippen molar-refractivity contribution in [3.8, 4) is 16.9 Å². The van der Waals surface area contributed by atoms with Crippen molar-refractivity contribution in [3.63, 3.8) is 0 Å². The summed E-state index contributed by atoms with van der Waals surface area (Å²) in [5.41, 5.74) is 2.30. The molecule has 0 aliphatic carbocycles. The summed E-state index contributed by atoms with van der Waals surface area (Å²) in [6.45, 7) is 0. The molecular weight excluding hydrogens is 324 g/mol. The van der Waals surface area contributed by atoms with E-state index in [2.05, 4.69) is 5.10 Å². The number of pyridine rings is 1. The fourth-order valence-electron chi connectivity index (χ4n) is 2.65. The second kappa shape index (κ2) is 6.64. The lowest BCUT2D eigenvalue weighted by Crippen LogP contribution is -2.07. The standard InChI is InChI=1S/C18H16N2O5/c1-23-16-7-5-4-6-11(16)14-10-20-15(8-12(14)17(21)24-2)13(9-19-20)18(22)25-3/h4-10H,1-3H3. The molecule has 2 aromatic heterocycles. The molecule has 0 aliphatic rings. The average Bonchev–Trinajstić information content (AvgIpc) is 3.08. The summed E-state index contributed by atoms with van der Waals surface area (Å²) in [5.74, 6) is -0.455. The van der Waals surface area contributed by atoms with Crippen LogP contribution in [0.2, 0.25) is 0 Å². The lowest BCUT2D eigenvalue weighted by atomic mass is 10.00. The fraction of sp³-hybridized carbons (Fsp3) is 0.167. The van der Waals surface area contributed by atoms with Crippen LogP contribution in [0.1, 0.15) is 20.7 Å². The average molecular weight is 340 g/mol. The van der Waals surface area contributed by atoms with Gasteiger partial charge < -0.3 is 14.2 Å². The van der Waals surface area contributed by atoms with Crippen LogP contribution < -0.4 is 4.74 Å². The fourth-order valence-corrected chi connectivity index (χ4v) is 2.65. The number of fused-ring (bicyclic) bond motifs is 1. The number of nitrogens with zero attached hydrogens (tertiary/aromatic N) is 2. The smallest absolute Gasteiger partial charge is 0.341 e. The SMILES string of the molecule is COC(=O)c1cc2c(C(=O)OC)cnn2cc1-c1ccccc1OC. The lowest BCUT2D eigenvalue weighted by Gasteiger charge is -2.13. The number of hydrogen-bond acceptors (Lipinski definition) is 6. The summed E-state index contributed by atoms with van der Waals surface area (Å²) in [7, 11) is 4.14. The van der Waals surface area contributed by atoms with E-state index in [1.165, 1.54) is 24.9 Å². The minimum Gasteiger partial charge on any atom is -0.496 e. The quantitative estimate of drug-likeness (QED) is 0.679. The Balaban J connectivity index is 2.31. The zero-order chi connectivity index (χ0) is 18.0. The zero-order valence-electron chi connectivity index (χ0n) is 14.0. The molecule has 0 saturated heterocycles. The Morgan fingerprint density at radius 3 is 2.32 bits per heavy atom. The van der Waals surface area contributed by atoms with E-state index in [4.69, 9.17) is 14.2 Å². The first-order valence-corrected chi connectivity index (χ1v) is 7.42. The van der Waals surface area contributed by atoms with Crippen LogP contribution >= 0.6 is 0 Å². The van der Waals surface area contributed by atoms with Gasteiger partial charge >= 0.3 is 11.9 Å². The molecule has 3 rings (SSSR count). The van der Waals surface area contributed by atoms with Crippen molar-refractivity contribution in [2.45, 2.75) is 0 Å². The van der Waals surface area contributed by atoms with Gasteiger partial charge in [-0.2, -0.15) is 5.10 Å². The highest BCUT2D eigenvalue weighted by molar-refractivity contribution is 6.02. The van der Waals surface area contributed by atoms with Gasteiger partial charge in [0.1, 0.15) is 11.3 Å². The molecule has 2 heterocycles. The van der Waals surface area contributed by atoms with Gasteiger partial charge in [-0.15, -0.1) is 0 Å². The van der Waals surface area contributed by atoms with Gasteiger partial charge in [-0.25, -0.2) is 14.1 Å². The molecule has 0 spiro atoms. The van der Waals surface area contributed by atoms with Gasteiger partial charge in [0.05, 0.1) is 38.6 Å². The first kappa shape index (κ1) is 16.5. The number of aromatic nitrogens is 2. The van der Waals surface area contributed by atoms with E-state index in [9.17, 15) is 9.59 Å².